The third-order valence-electron chi connectivity index (χ3n) is 6.60. The van der Waals surface area contributed by atoms with Crippen LogP contribution in [0.5, 0.6) is 0 Å². The normalized spacial score (nSPS) is 17.1. The van der Waals surface area contributed by atoms with Gasteiger partial charge < -0.3 is 20.3 Å². The molecule has 2 aliphatic rings. The first-order chi connectivity index (χ1) is 17.6. The fraction of sp³-hybridized carbons (Fsp3) is 0.385. The smallest absolute Gasteiger partial charge is 0.410 e. The number of nitrogens with zero attached hydrogens (tertiary/aromatic N) is 4. The number of pyridine rings is 1. The summed E-state index contributed by atoms with van der Waals surface area (Å²) in [4.78, 5) is 35.0. The van der Waals surface area contributed by atoms with E-state index in [0.717, 1.165) is 32.1 Å². The number of rotatable bonds is 5. The Kier molecular flexibility index (Phi) is 7.22. The number of carbonyl (C=O) groups excluding carboxylic acids is 1. The number of likely N-dealkylation sites (tertiary alicyclic amines) is 1. The lowest BCUT2D eigenvalue weighted by Gasteiger charge is -2.33. The van der Waals surface area contributed by atoms with Crippen molar-refractivity contribution in [2.24, 2.45) is 0 Å². The van der Waals surface area contributed by atoms with E-state index in [0.29, 0.717) is 43.1 Å². The molecule has 36 heavy (non-hydrogen) atoms. The van der Waals surface area contributed by atoms with Gasteiger partial charge in [0, 0.05) is 42.6 Å². The van der Waals surface area contributed by atoms with Gasteiger partial charge in [-0.15, -0.1) is 0 Å². The van der Waals surface area contributed by atoms with E-state index in [9.17, 15) is 14.0 Å². The first kappa shape index (κ1) is 23.9. The summed E-state index contributed by atoms with van der Waals surface area (Å²) < 4.78 is 21.8. The zero-order chi connectivity index (χ0) is 24.9. The molecule has 2 N–H and O–H groups in total. The standard InChI is InChI=1S/C26H29FN6O3/c27-22-17-29-25(30-19-9-14-32(15-10-19)26(35)36-21-7-11-28-12-8-21)31-24(22)18-4-3-5-20(16-18)33-13-2-1-6-23(33)34/h1-6,13,16-17,19,21,28H,7-12,14-15H2,(H,29,30,31). The number of ether oxygens (including phenoxy) is 1. The molecule has 0 radical (unpaired) electrons. The van der Waals surface area contributed by atoms with Gasteiger partial charge in [-0.1, -0.05) is 18.2 Å². The Morgan fingerprint density at radius 2 is 1.89 bits per heavy atom. The third-order valence-corrected chi connectivity index (χ3v) is 6.60. The Labute approximate surface area is 208 Å². The third kappa shape index (κ3) is 5.54. The maximum Gasteiger partial charge on any atom is 0.410 e. The average molecular weight is 493 g/mol. The van der Waals surface area contributed by atoms with Crippen molar-refractivity contribution < 1.29 is 13.9 Å². The molecule has 188 valence electrons. The fourth-order valence-electron chi connectivity index (χ4n) is 4.60. The highest BCUT2D eigenvalue weighted by Crippen LogP contribution is 2.24. The molecule has 2 fully saturated rings. The van der Waals surface area contributed by atoms with E-state index in [1.54, 1.807) is 47.5 Å². The fourth-order valence-corrected chi connectivity index (χ4v) is 4.60. The van der Waals surface area contributed by atoms with Crippen LogP contribution in [0.15, 0.2) is 59.7 Å². The zero-order valence-corrected chi connectivity index (χ0v) is 19.9. The molecule has 2 saturated heterocycles. The van der Waals surface area contributed by atoms with Gasteiger partial charge in [-0.05, 0) is 57.0 Å². The number of benzene rings is 1. The molecule has 4 heterocycles. The topological polar surface area (TPSA) is 101 Å². The molecular weight excluding hydrogens is 463 g/mol. The lowest BCUT2D eigenvalue weighted by molar-refractivity contribution is 0.0441. The molecule has 9 nitrogen and oxygen atoms in total. The van der Waals surface area contributed by atoms with Crippen LogP contribution in [-0.2, 0) is 4.74 Å². The van der Waals surface area contributed by atoms with Crippen LogP contribution in [0.1, 0.15) is 25.7 Å². The Hall–Kier alpha value is -3.79. The number of piperidine rings is 2. The van der Waals surface area contributed by atoms with Crippen LogP contribution in [0, 0.1) is 5.82 Å². The summed E-state index contributed by atoms with van der Waals surface area (Å²) in [6, 6.07) is 12.0. The van der Waals surface area contributed by atoms with Crippen molar-refractivity contribution in [1.82, 2.24) is 24.8 Å². The van der Waals surface area contributed by atoms with Gasteiger partial charge in [-0.25, -0.2) is 19.2 Å². The average Bonchev–Trinajstić information content (AvgIpc) is 2.91. The second-order valence-electron chi connectivity index (χ2n) is 9.09. The highest BCUT2D eigenvalue weighted by atomic mass is 19.1. The van der Waals surface area contributed by atoms with Crippen LogP contribution in [0.4, 0.5) is 15.1 Å². The second-order valence-corrected chi connectivity index (χ2v) is 9.09. The Balaban J connectivity index is 1.23. The van der Waals surface area contributed by atoms with Gasteiger partial charge in [0.2, 0.25) is 5.95 Å². The summed E-state index contributed by atoms with van der Waals surface area (Å²) in [5.41, 5.74) is 1.14. The summed E-state index contributed by atoms with van der Waals surface area (Å²) in [5, 5.41) is 6.55. The van der Waals surface area contributed by atoms with E-state index in [-0.39, 0.29) is 29.5 Å². The van der Waals surface area contributed by atoms with E-state index in [1.165, 1.54) is 10.6 Å². The van der Waals surface area contributed by atoms with Gasteiger partial charge in [0.1, 0.15) is 11.8 Å². The van der Waals surface area contributed by atoms with E-state index in [2.05, 4.69) is 20.6 Å². The molecule has 10 heteroatoms. The minimum absolute atomic E-state index is 0.0142. The summed E-state index contributed by atoms with van der Waals surface area (Å²) in [6.07, 6.45) is 5.67. The number of hydrogen-bond donors (Lipinski definition) is 2. The van der Waals surface area contributed by atoms with Crippen LogP contribution >= 0.6 is 0 Å². The van der Waals surface area contributed by atoms with Crippen LogP contribution < -0.4 is 16.2 Å². The van der Waals surface area contributed by atoms with Crippen molar-refractivity contribution in [2.45, 2.75) is 37.8 Å². The van der Waals surface area contributed by atoms with E-state index >= 15 is 0 Å². The molecule has 0 bridgehead atoms. The van der Waals surface area contributed by atoms with Crippen LogP contribution in [0.3, 0.4) is 0 Å². The van der Waals surface area contributed by atoms with E-state index in [4.69, 9.17) is 4.74 Å². The largest absolute Gasteiger partial charge is 0.446 e. The zero-order valence-electron chi connectivity index (χ0n) is 19.9. The number of aromatic nitrogens is 3. The Morgan fingerprint density at radius 3 is 2.67 bits per heavy atom. The molecule has 0 saturated carbocycles. The number of hydrogen-bond acceptors (Lipinski definition) is 7. The quantitative estimate of drug-likeness (QED) is 0.564. The molecule has 0 unspecified atom stereocenters. The maximum absolute atomic E-state index is 14.7. The molecule has 3 aromatic rings. The SMILES string of the molecule is O=C(OC1CCNCC1)N1CCC(Nc2ncc(F)c(-c3cccc(-n4ccccc4=O)c3)n2)CC1. The summed E-state index contributed by atoms with van der Waals surface area (Å²) in [7, 11) is 0. The highest BCUT2D eigenvalue weighted by molar-refractivity contribution is 5.68. The Bertz CT molecular complexity index is 1270. The minimum atomic E-state index is -0.548. The summed E-state index contributed by atoms with van der Waals surface area (Å²) in [5.74, 6) is -0.224. The molecule has 0 aliphatic carbocycles. The van der Waals surface area contributed by atoms with Crippen molar-refractivity contribution in [3.05, 3.63) is 71.0 Å². The van der Waals surface area contributed by atoms with Gasteiger partial charge in [-0.3, -0.25) is 9.36 Å². The van der Waals surface area contributed by atoms with Crippen molar-refractivity contribution in [2.75, 3.05) is 31.5 Å². The summed E-state index contributed by atoms with van der Waals surface area (Å²) >= 11 is 0. The number of nitrogens with one attached hydrogen (secondary N) is 2. The lowest BCUT2D eigenvalue weighted by Crippen LogP contribution is -2.44. The van der Waals surface area contributed by atoms with E-state index < -0.39 is 5.82 Å². The van der Waals surface area contributed by atoms with Crippen LogP contribution in [0.2, 0.25) is 0 Å². The number of amides is 1. The van der Waals surface area contributed by atoms with E-state index in [1.807, 2.05) is 0 Å². The maximum atomic E-state index is 14.7. The number of carbonyl (C=O) groups is 1. The first-order valence-corrected chi connectivity index (χ1v) is 12.3. The molecule has 1 amide bonds. The van der Waals surface area contributed by atoms with Crippen LogP contribution in [-0.4, -0.2) is 63.9 Å². The number of halogens is 1. The molecule has 0 spiro atoms. The molecular formula is C26H29FN6O3. The van der Waals surface area contributed by atoms with Gasteiger partial charge in [0.05, 0.1) is 6.20 Å². The van der Waals surface area contributed by atoms with Crippen LogP contribution in [0.25, 0.3) is 16.9 Å². The molecule has 2 aromatic heterocycles. The number of anilines is 1. The second kappa shape index (κ2) is 10.9. The first-order valence-electron chi connectivity index (χ1n) is 12.3. The van der Waals surface area contributed by atoms with Crippen molar-refractivity contribution in [3.63, 3.8) is 0 Å². The van der Waals surface area contributed by atoms with Gasteiger partial charge in [0.15, 0.2) is 5.82 Å². The van der Waals surface area contributed by atoms with Gasteiger partial charge in [0.25, 0.3) is 5.56 Å². The van der Waals surface area contributed by atoms with Gasteiger partial charge >= 0.3 is 6.09 Å². The molecule has 5 rings (SSSR count). The molecule has 2 aliphatic heterocycles. The predicted molar refractivity (Wildman–Crippen MR) is 134 cm³/mol. The van der Waals surface area contributed by atoms with Crippen molar-refractivity contribution in [3.8, 4) is 16.9 Å². The minimum Gasteiger partial charge on any atom is -0.446 e. The predicted octanol–water partition coefficient (Wildman–Crippen LogP) is 3.20. The lowest BCUT2D eigenvalue weighted by atomic mass is 10.1. The van der Waals surface area contributed by atoms with Gasteiger partial charge in [-0.2, -0.15) is 0 Å². The monoisotopic (exact) mass is 492 g/mol. The summed E-state index contributed by atoms with van der Waals surface area (Å²) in [6.45, 7) is 2.89. The Morgan fingerprint density at radius 1 is 1.08 bits per heavy atom. The highest BCUT2D eigenvalue weighted by Gasteiger charge is 2.27. The molecule has 0 atom stereocenters. The van der Waals surface area contributed by atoms with Crippen molar-refractivity contribution in [1.29, 1.82) is 0 Å². The molecule has 1 aromatic carbocycles. The van der Waals surface area contributed by atoms with Crippen molar-refractivity contribution >= 4 is 12.0 Å².